The number of aliphatic hydroxyl groups excluding tert-OH is 1. The van der Waals surface area contributed by atoms with Crippen molar-refractivity contribution in [2.75, 3.05) is 6.61 Å². The SMILES string of the molecule is NC(CCO)c1ccc(Cl)cc1Br. The first kappa shape index (κ1) is 11.0. The van der Waals surface area contributed by atoms with Crippen molar-refractivity contribution in [2.24, 2.45) is 5.73 Å². The maximum atomic E-state index is 8.72. The molecule has 0 saturated heterocycles. The molecule has 1 aromatic carbocycles. The molecule has 0 saturated carbocycles. The molecule has 2 nitrogen and oxygen atoms in total. The Morgan fingerprint density at radius 2 is 2.23 bits per heavy atom. The zero-order chi connectivity index (χ0) is 9.84. The van der Waals surface area contributed by atoms with Crippen molar-refractivity contribution in [2.45, 2.75) is 12.5 Å². The van der Waals surface area contributed by atoms with E-state index in [0.29, 0.717) is 11.4 Å². The molecule has 0 aliphatic rings. The highest BCUT2D eigenvalue weighted by Gasteiger charge is 2.08. The zero-order valence-corrected chi connectivity index (χ0v) is 9.35. The van der Waals surface area contributed by atoms with E-state index in [1.165, 1.54) is 0 Å². The highest BCUT2D eigenvalue weighted by molar-refractivity contribution is 9.10. The number of benzene rings is 1. The van der Waals surface area contributed by atoms with Crippen LogP contribution in [-0.4, -0.2) is 11.7 Å². The second-order valence-electron chi connectivity index (χ2n) is 2.78. The topological polar surface area (TPSA) is 46.2 Å². The molecule has 1 rings (SSSR count). The van der Waals surface area contributed by atoms with Crippen LogP contribution in [0.1, 0.15) is 18.0 Å². The van der Waals surface area contributed by atoms with E-state index in [-0.39, 0.29) is 12.6 Å². The molecule has 3 N–H and O–H groups in total. The van der Waals surface area contributed by atoms with E-state index < -0.39 is 0 Å². The molecule has 1 unspecified atom stereocenters. The average Bonchev–Trinajstić information content (AvgIpc) is 2.04. The van der Waals surface area contributed by atoms with Crippen LogP contribution in [0.15, 0.2) is 22.7 Å². The summed E-state index contributed by atoms with van der Waals surface area (Å²) in [5.74, 6) is 0. The number of rotatable bonds is 3. The lowest BCUT2D eigenvalue weighted by molar-refractivity contribution is 0.276. The fraction of sp³-hybridized carbons (Fsp3) is 0.333. The number of hydrogen-bond donors (Lipinski definition) is 2. The van der Waals surface area contributed by atoms with Crippen molar-refractivity contribution < 1.29 is 5.11 Å². The highest BCUT2D eigenvalue weighted by atomic mass is 79.9. The third-order valence-electron chi connectivity index (χ3n) is 1.80. The van der Waals surface area contributed by atoms with E-state index in [1.807, 2.05) is 6.07 Å². The van der Waals surface area contributed by atoms with Crippen molar-refractivity contribution in [3.05, 3.63) is 33.3 Å². The Morgan fingerprint density at radius 3 is 2.77 bits per heavy atom. The molecule has 13 heavy (non-hydrogen) atoms. The van der Waals surface area contributed by atoms with Crippen LogP contribution < -0.4 is 5.73 Å². The molecular formula is C9H11BrClNO. The van der Waals surface area contributed by atoms with E-state index in [9.17, 15) is 0 Å². The lowest BCUT2D eigenvalue weighted by atomic mass is 10.1. The largest absolute Gasteiger partial charge is 0.396 e. The van der Waals surface area contributed by atoms with Crippen molar-refractivity contribution >= 4 is 27.5 Å². The molecule has 0 aliphatic heterocycles. The van der Waals surface area contributed by atoms with Crippen LogP contribution in [0, 0.1) is 0 Å². The van der Waals surface area contributed by atoms with Gasteiger partial charge in [0.2, 0.25) is 0 Å². The lowest BCUT2D eigenvalue weighted by Gasteiger charge is -2.12. The Kier molecular flexibility index (Phi) is 4.19. The van der Waals surface area contributed by atoms with Crippen molar-refractivity contribution in [1.29, 1.82) is 0 Å². The average molecular weight is 265 g/mol. The van der Waals surface area contributed by atoms with Gasteiger partial charge in [-0.1, -0.05) is 33.6 Å². The summed E-state index contributed by atoms with van der Waals surface area (Å²) in [4.78, 5) is 0. The minimum atomic E-state index is -0.142. The molecular weight excluding hydrogens is 253 g/mol. The van der Waals surface area contributed by atoms with Gasteiger partial charge >= 0.3 is 0 Å². The van der Waals surface area contributed by atoms with Gasteiger partial charge in [0.15, 0.2) is 0 Å². The normalized spacial score (nSPS) is 12.9. The van der Waals surface area contributed by atoms with E-state index in [1.54, 1.807) is 12.1 Å². The van der Waals surface area contributed by atoms with Gasteiger partial charge in [-0.2, -0.15) is 0 Å². The van der Waals surface area contributed by atoms with Gasteiger partial charge in [-0.05, 0) is 24.1 Å². The zero-order valence-electron chi connectivity index (χ0n) is 7.00. The molecule has 4 heteroatoms. The maximum Gasteiger partial charge on any atom is 0.0449 e. The number of aliphatic hydroxyl groups is 1. The smallest absolute Gasteiger partial charge is 0.0449 e. The van der Waals surface area contributed by atoms with E-state index in [4.69, 9.17) is 22.4 Å². The van der Waals surface area contributed by atoms with Gasteiger partial charge in [-0.3, -0.25) is 0 Å². The number of nitrogens with two attached hydrogens (primary N) is 1. The van der Waals surface area contributed by atoms with Gasteiger partial charge in [0.25, 0.3) is 0 Å². The lowest BCUT2D eigenvalue weighted by Crippen LogP contribution is -2.12. The Morgan fingerprint density at radius 1 is 1.54 bits per heavy atom. The predicted octanol–water partition coefficient (Wildman–Crippen LogP) is 2.48. The summed E-state index contributed by atoms with van der Waals surface area (Å²) >= 11 is 9.15. The van der Waals surface area contributed by atoms with Crippen LogP contribution >= 0.6 is 27.5 Å². The summed E-state index contributed by atoms with van der Waals surface area (Å²) in [6.07, 6.45) is 0.556. The quantitative estimate of drug-likeness (QED) is 0.881. The molecule has 0 aliphatic carbocycles. The Bertz CT molecular complexity index is 293. The van der Waals surface area contributed by atoms with Gasteiger partial charge in [-0.25, -0.2) is 0 Å². The van der Waals surface area contributed by atoms with Gasteiger partial charge in [-0.15, -0.1) is 0 Å². The second kappa shape index (κ2) is 4.96. The van der Waals surface area contributed by atoms with Crippen LogP contribution in [0.25, 0.3) is 0 Å². The number of halogens is 2. The first-order chi connectivity index (χ1) is 6.15. The van der Waals surface area contributed by atoms with Gasteiger partial charge in [0.05, 0.1) is 0 Å². The molecule has 1 atom stereocenters. The second-order valence-corrected chi connectivity index (χ2v) is 4.08. The first-order valence-electron chi connectivity index (χ1n) is 3.96. The number of hydrogen-bond acceptors (Lipinski definition) is 2. The summed E-state index contributed by atoms with van der Waals surface area (Å²) in [5.41, 5.74) is 6.79. The molecule has 0 radical (unpaired) electrons. The maximum absolute atomic E-state index is 8.72. The third-order valence-corrected chi connectivity index (χ3v) is 2.72. The van der Waals surface area contributed by atoms with Crippen LogP contribution in [-0.2, 0) is 0 Å². The fourth-order valence-corrected chi connectivity index (χ4v) is 2.07. The standard InChI is InChI=1S/C9H11BrClNO/c10-8-5-6(11)1-2-7(8)9(12)3-4-13/h1-2,5,9,13H,3-4,12H2. The van der Waals surface area contributed by atoms with E-state index in [2.05, 4.69) is 15.9 Å². The first-order valence-corrected chi connectivity index (χ1v) is 5.13. The Labute approximate surface area is 90.8 Å². The summed E-state index contributed by atoms with van der Waals surface area (Å²) in [5, 5.41) is 9.40. The highest BCUT2D eigenvalue weighted by Crippen LogP contribution is 2.26. The molecule has 0 heterocycles. The minimum absolute atomic E-state index is 0.0935. The van der Waals surface area contributed by atoms with E-state index >= 15 is 0 Å². The molecule has 0 amide bonds. The van der Waals surface area contributed by atoms with Crippen molar-refractivity contribution in [3.8, 4) is 0 Å². The van der Waals surface area contributed by atoms with Crippen molar-refractivity contribution in [3.63, 3.8) is 0 Å². The summed E-state index contributed by atoms with van der Waals surface area (Å²) in [7, 11) is 0. The van der Waals surface area contributed by atoms with Crippen molar-refractivity contribution in [1.82, 2.24) is 0 Å². The van der Waals surface area contributed by atoms with Crippen LogP contribution in [0.3, 0.4) is 0 Å². The fourth-order valence-electron chi connectivity index (χ4n) is 1.10. The molecule has 0 aromatic heterocycles. The van der Waals surface area contributed by atoms with E-state index in [0.717, 1.165) is 10.0 Å². The Hall–Kier alpha value is -0.0900. The van der Waals surface area contributed by atoms with Crippen LogP contribution in [0.4, 0.5) is 0 Å². The Balaban J connectivity index is 2.88. The van der Waals surface area contributed by atoms with Crippen LogP contribution in [0.5, 0.6) is 0 Å². The summed E-state index contributed by atoms with van der Waals surface area (Å²) in [6.45, 7) is 0.0935. The minimum Gasteiger partial charge on any atom is -0.396 e. The predicted molar refractivity (Wildman–Crippen MR) is 57.8 cm³/mol. The van der Waals surface area contributed by atoms with Gasteiger partial charge in [0.1, 0.15) is 0 Å². The monoisotopic (exact) mass is 263 g/mol. The molecule has 0 fully saturated rings. The summed E-state index contributed by atoms with van der Waals surface area (Å²) in [6, 6.07) is 5.32. The molecule has 0 bridgehead atoms. The van der Waals surface area contributed by atoms with Gasteiger partial charge < -0.3 is 10.8 Å². The molecule has 72 valence electrons. The summed E-state index contributed by atoms with van der Waals surface area (Å²) < 4.78 is 0.890. The van der Waals surface area contributed by atoms with Gasteiger partial charge in [0, 0.05) is 22.1 Å². The molecule has 1 aromatic rings. The molecule has 0 spiro atoms. The van der Waals surface area contributed by atoms with Crippen LogP contribution in [0.2, 0.25) is 5.02 Å². The third kappa shape index (κ3) is 2.95.